The molecule has 4 aromatic rings. The second kappa shape index (κ2) is 9.63. The fourth-order valence-corrected chi connectivity index (χ4v) is 4.43. The van der Waals surface area contributed by atoms with Gasteiger partial charge >= 0.3 is 0 Å². The average molecular weight is 480 g/mol. The maximum Gasteiger partial charge on any atom is 0.229 e. The van der Waals surface area contributed by atoms with Gasteiger partial charge in [0.05, 0.1) is 18.4 Å². The summed E-state index contributed by atoms with van der Waals surface area (Å²) in [5, 5.41) is 3.01. The van der Waals surface area contributed by atoms with E-state index in [9.17, 15) is 8.78 Å². The summed E-state index contributed by atoms with van der Waals surface area (Å²) < 4.78 is 37.0. The van der Waals surface area contributed by atoms with Crippen molar-refractivity contribution < 1.29 is 13.5 Å². The van der Waals surface area contributed by atoms with E-state index >= 15 is 0 Å². The maximum absolute atomic E-state index is 14.9. The second-order valence-corrected chi connectivity index (χ2v) is 8.96. The Hall–Kier alpha value is -3.50. The minimum absolute atomic E-state index is 0.000761. The molecule has 1 aromatic carbocycles. The molecule has 1 aliphatic heterocycles. The molecule has 1 aliphatic rings. The monoisotopic (exact) mass is 479 g/mol. The molecule has 1 saturated heterocycles. The van der Waals surface area contributed by atoms with Crippen molar-refractivity contribution in [2.45, 2.75) is 39.8 Å². The van der Waals surface area contributed by atoms with Crippen LogP contribution in [0.2, 0.25) is 0 Å². The van der Waals surface area contributed by atoms with E-state index in [0.29, 0.717) is 29.5 Å². The highest BCUT2D eigenvalue weighted by Crippen LogP contribution is 2.30. The molecule has 0 bridgehead atoms. The topological polar surface area (TPSA) is 81.0 Å². The summed E-state index contributed by atoms with van der Waals surface area (Å²) in [6.45, 7) is 8.98. The van der Waals surface area contributed by atoms with E-state index in [0.717, 1.165) is 37.9 Å². The normalized spacial score (nSPS) is 14.7. The predicted octanol–water partition coefficient (Wildman–Crippen LogP) is 4.98. The molecule has 0 saturated carbocycles. The summed E-state index contributed by atoms with van der Waals surface area (Å²) in [5.74, 6) is 0.216. The SMILES string of the molecule is Cc1nc2c(F)cc(-c3nc(Nc4ccc(CN5CCCOC5)cn4)ncc3F)cc2n1C(C)C. The van der Waals surface area contributed by atoms with Crippen LogP contribution in [0.25, 0.3) is 22.3 Å². The molecule has 4 heterocycles. The van der Waals surface area contributed by atoms with Crippen molar-refractivity contribution in [2.24, 2.45) is 0 Å². The van der Waals surface area contributed by atoms with Gasteiger partial charge < -0.3 is 14.6 Å². The summed E-state index contributed by atoms with van der Waals surface area (Å²) >= 11 is 0. The maximum atomic E-state index is 14.9. The number of aryl methyl sites for hydroxylation is 1. The van der Waals surface area contributed by atoms with Crippen molar-refractivity contribution in [3.8, 4) is 11.3 Å². The highest BCUT2D eigenvalue weighted by Gasteiger charge is 2.18. The third-order valence-corrected chi connectivity index (χ3v) is 5.97. The molecule has 0 spiro atoms. The molecule has 0 atom stereocenters. The number of pyridine rings is 1. The molecule has 10 heteroatoms. The Morgan fingerprint density at radius 3 is 2.66 bits per heavy atom. The predicted molar refractivity (Wildman–Crippen MR) is 129 cm³/mol. The lowest BCUT2D eigenvalue weighted by atomic mass is 10.1. The number of nitrogens with zero attached hydrogens (tertiary/aromatic N) is 6. The Morgan fingerprint density at radius 2 is 1.94 bits per heavy atom. The molecular formula is C25H27F2N7O. The first kappa shape index (κ1) is 23.3. The minimum Gasteiger partial charge on any atom is -0.366 e. The first-order valence-corrected chi connectivity index (χ1v) is 11.6. The van der Waals surface area contributed by atoms with Gasteiger partial charge in [-0.3, -0.25) is 4.90 Å². The van der Waals surface area contributed by atoms with E-state index in [1.807, 2.05) is 37.5 Å². The van der Waals surface area contributed by atoms with Crippen LogP contribution in [-0.4, -0.2) is 49.3 Å². The van der Waals surface area contributed by atoms with E-state index < -0.39 is 11.6 Å². The summed E-state index contributed by atoms with van der Waals surface area (Å²) in [4.78, 5) is 19.3. The van der Waals surface area contributed by atoms with E-state index in [1.54, 1.807) is 12.3 Å². The van der Waals surface area contributed by atoms with Gasteiger partial charge in [-0.2, -0.15) is 0 Å². The van der Waals surface area contributed by atoms with Crippen LogP contribution in [0.4, 0.5) is 20.5 Å². The molecule has 0 unspecified atom stereocenters. The van der Waals surface area contributed by atoms with Crippen LogP contribution in [0.5, 0.6) is 0 Å². The molecule has 3 aromatic heterocycles. The van der Waals surface area contributed by atoms with E-state index in [2.05, 4.69) is 30.2 Å². The van der Waals surface area contributed by atoms with Gasteiger partial charge in [-0.15, -0.1) is 0 Å². The van der Waals surface area contributed by atoms with Crippen LogP contribution in [0.3, 0.4) is 0 Å². The van der Waals surface area contributed by atoms with Crippen LogP contribution in [0, 0.1) is 18.6 Å². The largest absolute Gasteiger partial charge is 0.366 e. The first-order chi connectivity index (χ1) is 16.9. The van der Waals surface area contributed by atoms with Gasteiger partial charge in [-0.25, -0.2) is 28.7 Å². The number of hydrogen-bond donors (Lipinski definition) is 1. The Balaban J connectivity index is 1.40. The number of anilines is 2. The zero-order chi connectivity index (χ0) is 24.5. The van der Waals surface area contributed by atoms with Crippen molar-refractivity contribution >= 4 is 22.8 Å². The summed E-state index contributed by atoms with van der Waals surface area (Å²) in [6.07, 6.45) is 3.87. The molecule has 8 nitrogen and oxygen atoms in total. The van der Waals surface area contributed by atoms with Gasteiger partial charge in [-0.1, -0.05) is 6.07 Å². The molecule has 5 rings (SSSR count). The zero-order valence-electron chi connectivity index (χ0n) is 19.9. The minimum atomic E-state index is -0.645. The molecule has 0 radical (unpaired) electrons. The Bertz CT molecular complexity index is 1350. The van der Waals surface area contributed by atoms with E-state index in [-0.39, 0.29) is 23.2 Å². The van der Waals surface area contributed by atoms with E-state index in [1.165, 1.54) is 6.07 Å². The van der Waals surface area contributed by atoms with Crippen LogP contribution in [0.15, 0.2) is 36.7 Å². The number of benzene rings is 1. The lowest BCUT2D eigenvalue weighted by Gasteiger charge is -2.26. The molecule has 1 N–H and O–H groups in total. The van der Waals surface area contributed by atoms with Gasteiger partial charge in [0.1, 0.15) is 22.9 Å². The van der Waals surface area contributed by atoms with Crippen LogP contribution >= 0.6 is 0 Å². The number of aromatic nitrogens is 5. The Labute approximate surface area is 202 Å². The molecule has 35 heavy (non-hydrogen) atoms. The van der Waals surface area contributed by atoms with Gasteiger partial charge in [0.2, 0.25) is 5.95 Å². The number of halogens is 2. The number of fused-ring (bicyclic) bond motifs is 1. The number of ether oxygens (including phenoxy) is 1. The highest BCUT2D eigenvalue weighted by atomic mass is 19.1. The summed E-state index contributed by atoms with van der Waals surface area (Å²) in [7, 11) is 0. The Morgan fingerprint density at radius 1 is 1.09 bits per heavy atom. The third kappa shape index (κ3) is 4.85. The zero-order valence-corrected chi connectivity index (χ0v) is 19.9. The van der Waals surface area contributed by atoms with Crippen molar-refractivity contribution in [1.29, 1.82) is 0 Å². The first-order valence-electron chi connectivity index (χ1n) is 11.6. The lowest BCUT2D eigenvalue weighted by molar-refractivity contribution is -0.0177. The summed E-state index contributed by atoms with van der Waals surface area (Å²) in [5.41, 5.74) is 2.22. The van der Waals surface area contributed by atoms with E-state index in [4.69, 9.17) is 4.74 Å². The van der Waals surface area contributed by atoms with Gasteiger partial charge in [-0.05, 0) is 51.0 Å². The average Bonchev–Trinajstić information content (AvgIpc) is 3.19. The number of rotatable bonds is 6. The van der Waals surface area contributed by atoms with Gasteiger partial charge in [0.15, 0.2) is 11.6 Å². The van der Waals surface area contributed by atoms with Gasteiger partial charge in [0.25, 0.3) is 0 Å². The van der Waals surface area contributed by atoms with Crippen LogP contribution in [0.1, 0.15) is 37.7 Å². The van der Waals surface area contributed by atoms with Crippen molar-refractivity contribution in [3.63, 3.8) is 0 Å². The molecule has 0 amide bonds. The van der Waals surface area contributed by atoms with Crippen LogP contribution < -0.4 is 5.32 Å². The van der Waals surface area contributed by atoms with Crippen molar-refractivity contribution in [2.75, 3.05) is 25.2 Å². The standard InChI is InChI=1S/C25H27F2N7O/c1-15(2)34-16(3)30-24-19(26)9-18(10-21(24)34)23-20(27)12-29-25(32-23)31-22-6-5-17(11-28-22)13-33-7-4-8-35-14-33/h5-6,9-12,15H,4,7-8,13-14H2,1-3H3,(H,28,29,31,32). The number of hydrogen-bond acceptors (Lipinski definition) is 7. The molecular weight excluding hydrogens is 452 g/mol. The molecule has 1 fully saturated rings. The molecule has 0 aliphatic carbocycles. The summed E-state index contributed by atoms with van der Waals surface area (Å²) in [6, 6.07) is 6.82. The smallest absolute Gasteiger partial charge is 0.229 e. The second-order valence-electron chi connectivity index (χ2n) is 8.96. The molecule has 182 valence electrons. The Kier molecular flexibility index (Phi) is 6.40. The number of imidazole rings is 1. The fraction of sp³-hybridized carbons (Fsp3) is 0.360. The number of nitrogens with one attached hydrogen (secondary N) is 1. The quantitative estimate of drug-likeness (QED) is 0.418. The van der Waals surface area contributed by atoms with Crippen LogP contribution in [-0.2, 0) is 11.3 Å². The fourth-order valence-electron chi connectivity index (χ4n) is 4.43. The van der Waals surface area contributed by atoms with Gasteiger partial charge in [0, 0.05) is 37.5 Å². The van der Waals surface area contributed by atoms with Crippen molar-refractivity contribution in [3.05, 3.63) is 59.7 Å². The third-order valence-electron chi connectivity index (χ3n) is 5.97. The van der Waals surface area contributed by atoms with Crippen molar-refractivity contribution in [1.82, 2.24) is 29.4 Å². The highest BCUT2D eigenvalue weighted by molar-refractivity contribution is 5.83. The lowest BCUT2D eigenvalue weighted by Crippen LogP contribution is -2.32.